The number of likely N-dealkylation sites (tertiary alicyclic amines) is 1. The van der Waals surface area contributed by atoms with E-state index in [0.717, 1.165) is 32.6 Å². The highest BCUT2D eigenvalue weighted by Gasteiger charge is 2.40. The number of fused-ring (bicyclic) bond motifs is 2. The summed E-state index contributed by atoms with van der Waals surface area (Å²) in [5, 5.41) is 14.3. The van der Waals surface area contributed by atoms with Crippen molar-refractivity contribution in [2.45, 2.75) is 37.5 Å². The van der Waals surface area contributed by atoms with E-state index in [0.29, 0.717) is 11.1 Å². The fourth-order valence-electron chi connectivity index (χ4n) is 4.80. The van der Waals surface area contributed by atoms with E-state index in [1.165, 1.54) is 25.7 Å². The summed E-state index contributed by atoms with van der Waals surface area (Å²) < 4.78 is 0. The average Bonchev–Trinajstić information content (AvgIpc) is 3.05. The summed E-state index contributed by atoms with van der Waals surface area (Å²) in [5.41, 5.74) is 4.33. The number of para-hydroxylation sites is 2. The molecule has 0 aromatic heterocycles. The van der Waals surface area contributed by atoms with Crippen molar-refractivity contribution in [3.8, 4) is 0 Å². The van der Waals surface area contributed by atoms with Crippen LogP contribution in [0, 0.1) is 10.1 Å². The molecule has 0 amide bonds. The van der Waals surface area contributed by atoms with E-state index in [-0.39, 0.29) is 10.6 Å². The highest BCUT2D eigenvalue weighted by Crippen LogP contribution is 2.46. The van der Waals surface area contributed by atoms with Gasteiger partial charge in [-0.05, 0) is 74.3 Å². The molecule has 1 saturated heterocycles. The standard InChI is InChI=1S/C22H27N3O2/c26-25(27)21-9-4-3-8-20(21)23-14-5-15-24-16-12-22(13-17-24)11-10-18-6-1-2-7-19(18)22/h1-4,6-9,23H,5,10-17H2. The van der Waals surface area contributed by atoms with Gasteiger partial charge in [0, 0.05) is 12.6 Å². The number of aryl methyl sites for hydroxylation is 1. The number of nitro benzene ring substituents is 1. The van der Waals surface area contributed by atoms with Crippen LogP contribution in [-0.2, 0) is 11.8 Å². The zero-order valence-corrected chi connectivity index (χ0v) is 15.7. The minimum absolute atomic E-state index is 0.150. The van der Waals surface area contributed by atoms with Gasteiger partial charge in [-0.15, -0.1) is 0 Å². The first-order valence-corrected chi connectivity index (χ1v) is 9.96. The minimum Gasteiger partial charge on any atom is -0.379 e. The van der Waals surface area contributed by atoms with E-state index in [2.05, 4.69) is 34.5 Å². The van der Waals surface area contributed by atoms with Crippen molar-refractivity contribution in [1.82, 2.24) is 4.90 Å². The largest absolute Gasteiger partial charge is 0.379 e. The van der Waals surface area contributed by atoms with Crippen molar-refractivity contribution in [1.29, 1.82) is 0 Å². The van der Waals surface area contributed by atoms with E-state index in [4.69, 9.17) is 0 Å². The van der Waals surface area contributed by atoms with Gasteiger partial charge >= 0.3 is 0 Å². The first kappa shape index (κ1) is 18.0. The molecule has 2 aromatic carbocycles. The number of rotatable bonds is 6. The lowest BCUT2D eigenvalue weighted by molar-refractivity contribution is -0.384. The summed E-state index contributed by atoms with van der Waals surface area (Å²) >= 11 is 0. The molecular formula is C22H27N3O2. The Morgan fingerprint density at radius 3 is 2.59 bits per heavy atom. The highest BCUT2D eigenvalue weighted by atomic mass is 16.6. The van der Waals surface area contributed by atoms with Crippen LogP contribution in [0.1, 0.15) is 36.8 Å². The Morgan fingerprint density at radius 1 is 1.04 bits per heavy atom. The van der Waals surface area contributed by atoms with Gasteiger partial charge in [0.05, 0.1) is 4.92 Å². The number of anilines is 1. The van der Waals surface area contributed by atoms with E-state index in [9.17, 15) is 10.1 Å². The number of benzene rings is 2. The molecule has 27 heavy (non-hydrogen) atoms. The SMILES string of the molecule is O=[N+]([O-])c1ccccc1NCCCN1CCC2(CCc3ccccc32)CC1. The second kappa shape index (κ2) is 7.69. The zero-order valence-electron chi connectivity index (χ0n) is 15.7. The molecule has 0 atom stereocenters. The molecule has 2 aromatic rings. The Balaban J connectivity index is 1.25. The van der Waals surface area contributed by atoms with Crippen LogP contribution in [0.25, 0.3) is 0 Å². The maximum absolute atomic E-state index is 11.1. The fourth-order valence-corrected chi connectivity index (χ4v) is 4.80. The molecule has 0 unspecified atom stereocenters. The number of piperidine rings is 1. The Hall–Kier alpha value is -2.40. The molecule has 1 heterocycles. The van der Waals surface area contributed by atoms with Gasteiger partial charge < -0.3 is 10.2 Å². The van der Waals surface area contributed by atoms with Crippen LogP contribution >= 0.6 is 0 Å². The van der Waals surface area contributed by atoms with Gasteiger partial charge in [0.15, 0.2) is 0 Å². The summed E-state index contributed by atoms with van der Waals surface area (Å²) in [6.45, 7) is 4.11. The van der Waals surface area contributed by atoms with Crippen LogP contribution in [0.15, 0.2) is 48.5 Å². The second-order valence-corrected chi connectivity index (χ2v) is 7.83. The summed E-state index contributed by atoms with van der Waals surface area (Å²) in [6.07, 6.45) is 6.04. The van der Waals surface area contributed by atoms with Crippen LogP contribution < -0.4 is 5.32 Å². The first-order chi connectivity index (χ1) is 13.2. The summed E-state index contributed by atoms with van der Waals surface area (Å²) in [7, 11) is 0. The molecule has 1 aliphatic carbocycles. The third-order valence-electron chi connectivity index (χ3n) is 6.34. The number of nitrogens with zero attached hydrogens (tertiary/aromatic N) is 2. The topological polar surface area (TPSA) is 58.4 Å². The molecule has 1 N–H and O–H groups in total. The van der Waals surface area contributed by atoms with E-state index >= 15 is 0 Å². The Bertz CT molecular complexity index is 813. The third-order valence-corrected chi connectivity index (χ3v) is 6.34. The number of nitro groups is 1. The Kier molecular flexibility index (Phi) is 5.12. The van der Waals surface area contributed by atoms with Crippen molar-refractivity contribution in [3.05, 3.63) is 69.8 Å². The molecule has 1 aliphatic heterocycles. The monoisotopic (exact) mass is 365 g/mol. The van der Waals surface area contributed by atoms with Crippen molar-refractivity contribution >= 4 is 11.4 Å². The zero-order chi connectivity index (χ0) is 18.7. The van der Waals surface area contributed by atoms with Gasteiger partial charge in [0.2, 0.25) is 0 Å². The average molecular weight is 365 g/mol. The maximum atomic E-state index is 11.1. The summed E-state index contributed by atoms with van der Waals surface area (Å²) in [5.74, 6) is 0. The molecule has 0 bridgehead atoms. The smallest absolute Gasteiger partial charge is 0.292 e. The summed E-state index contributed by atoms with van der Waals surface area (Å²) in [4.78, 5) is 13.3. The molecule has 2 aliphatic rings. The van der Waals surface area contributed by atoms with Crippen molar-refractivity contribution < 1.29 is 4.92 Å². The van der Waals surface area contributed by atoms with Gasteiger partial charge in [-0.2, -0.15) is 0 Å². The van der Waals surface area contributed by atoms with Crippen molar-refractivity contribution in [2.75, 3.05) is 31.5 Å². The first-order valence-electron chi connectivity index (χ1n) is 9.96. The van der Waals surface area contributed by atoms with Crippen LogP contribution in [-0.4, -0.2) is 36.0 Å². The summed E-state index contributed by atoms with van der Waals surface area (Å²) in [6, 6.07) is 15.8. The molecule has 0 saturated carbocycles. The molecule has 4 rings (SSSR count). The second-order valence-electron chi connectivity index (χ2n) is 7.83. The third kappa shape index (κ3) is 3.69. The van der Waals surface area contributed by atoms with Gasteiger partial charge in [-0.3, -0.25) is 10.1 Å². The maximum Gasteiger partial charge on any atom is 0.292 e. The van der Waals surface area contributed by atoms with E-state index < -0.39 is 0 Å². The van der Waals surface area contributed by atoms with Crippen LogP contribution in [0.2, 0.25) is 0 Å². The molecule has 5 heteroatoms. The fraction of sp³-hybridized carbons (Fsp3) is 0.455. The number of hydrogen-bond donors (Lipinski definition) is 1. The molecule has 5 nitrogen and oxygen atoms in total. The Morgan fingerprint density at radius 2 is 1.78 bits per heavy atom. The lowest BCUT2D eigenvalue weighted by atomic mass is 9.74. The van der Waals surface area contributed by atoms with E-state index in [1.54, 1.807) is 29.3 Å². The lowest BCUT2D eigenvalue weighted by Crippen LogP contribution is -2.42. The van der Waals surface area contributed by atoms with Gasteiger partial charge in [0.25, 0.3) is 5.69 Å². The van der Waals surface area contributed by atoms with Crippen molar-refractivity contribution in [2.24, 2.45) is 0 Å². The number of nitrogens with one attached hydrogen (secondary N) is 1. The number of hydrogen-bond acceptors (Lipinski definition) is 4. The minimum atomic E-state index is -0.328. The van der Waals surface area contributed by atoms with Gasteiger partial charge in [0.1, 0.15) is 5.69 Å². The molecular weight excluding hydrogens is 338 g/mol. The predicted octanol–water partition coefficient (Wildman–Crippen LogP) is 4.38. The molecule has 142 valence electrons. The van der Waals surface area contributed by atoms with Gasteiger partial charge in [-0.1, -0.05) is 36.4 Å². The highest BCUT2D eigenvalue weighted by molar-refractivity contribution is 5.60. The quantitative estimate of drug-likeness (QED) is 0.469. The van der Waals surface area contributed by atoms with Crippen LogP contribution in [0.4, 0.5) is 11.4 Å². The molecule has 0 radical (unpaired) electrons. The van der Waals surface area contributed by atoms with Crippen LogP contribution in [0.3, 0.4) is 0 Å². The van der Waals surface area contributed by atoms with E-state index in [1.807, 2.05) is 6.07 Å². The molecule has 1 fully saturated rings. The van der Waals surface area contributed by atoms with Crippen molar-refractivity contribution in [3.63, 3.8) is 0 Å². The van der Waals surface area contributed by atoms with Crippen LogP contribution in [0.5, 0.6) is 0 Å². The normalized spacial score (nSPS) is 18.4. The predicted molar refractivity (Wildman–Crippen MR) is 108 cm³/mol. The lowest BCUT2D eigenvalue weighted by Gasteiger charge is -2.40. The Labute approximate surface area is 160 Å². The molecule has 1 spiro atoms. The van der Waals surface area contributed by atoms with Gasteiger partial charge in [-0.25, -0.2) is 0 Å².